The van der Waals surface area contributed by atoms with Crippen LogP contribution in [0.3, 0.4) is 0 Å². The zero-order valence-electron chi connectivity index (χ0n) is 13.1. The van der Waals surface area contributed by atoms with Gasteiger partial charge in [0, 0.05) is 12.1 Å². The van der Waals surface area contributed by atoms with Crippen LogP contribution in [0.1, 0.15) is 53.4 Å². The van der Waals surface area contributed by atoms with E-state index in [-0.39, 0.29) is 24.6 Å². The summed E-state index contributed by atoms with van der Waals surface area (Å²) in [4.78, 5) is 24.5. The quantitative estimate of drug-likeness (QED) is 0.607. The van der Waals surface area contributed by atoms with E-state index in [0.717, 1.165) is 25.7 Å². The second kappa shape index (κ2) is 7.07. The lowest BCUT2D eigenvalue weighted by atomic mass is 9.79. The van der Waals surface area contributed by atoms with Crippen molar-refractivity contribution in [3.05, 3.63) is 0 Å². The van der Waals surface area contributed by atoms with Crippen LogP contribution in [-0.2, 0) is 14.3 Å². The minimum absolute atomic E-state index is 0.0180. The summed E-state index contributed by atoms with van der Waals surface area (Å²) >= 11 is 0. The van der Waals surface area contributed by atoms with Crippen LogP contribution in [0.4, 0.5) is 0 Å². The molecule has 0 aliphatic heterocycles. The molecule has 0 aromatic carbocycles. The van der Waals surface area contributed by atoms with Crippen molar-refractivity contribution >= 4 is 11.9 Å². The van der Waals surface area contributed by atoms with Crippen molar-refractivity contribution < 1.29 is 14.3 Å². The predicted octanol–water partition coefficient (Wildman–Crippen LogP) is 1.60. The second-order valence-corrected chi connectivity index (χ2v) is 6.61. The average molecular weight is 284 g/mol. The standard InChI is InChI=1S/C15H28N2O3/c1-5-20-14(19)12(15(2,3)4)13(18)17-11-9-7-6-8-10(11)16/h10-12H,5-9,16H2,1-4H3,(H,17,18). The molecule has 1 fully saturated rings. The van der Waals surface area contributed by atoms with Crippen molar-refractivity contribution in [2.24, 2.45) is 17.1 Å². The Bertz CT molecular complexity index is 350. The van der Waals surface area contributed by atoms with E-state index in [4.69, 9.17) is 10.5 Å². The normalized spacial score (nSPS) is 24.9. The number of amides is 1. The largest absolute Gasteiger partial charge is 0.465 e. The summed E-state index contributed by atoms with van der Waals surface area (Å²) in [7, 11) is 0. The van der Waals surface area contributed by atoms with Crippen LogP contribution >= 0.6 is 0 Å². The number of hydrogen-bond donors (Lipinski definition) is 2. The molecule has 0 spiro atoms. The van der Waals surface area contributed by atoms with E-state index in [2.05, 4.69) is 5.32 Å². The summed E-state index contributed by atoms with van der Waals surface area (Å²) in [6.07, 6.45) is 3.98. The SMILES string of the molecule is CCOC(=O)C(C(=O)NC1CCCCC1N)C(C)(C)C. The van der Waals surface area contributed by atoms with E-state index >= 15 is 0 Å². The van der Waals surface area contributed by atoms with Crippen molar-refractivity contribution in [3.8, 4) is 0 Å². The number of nitrogens with two attached hydrogens (primary N) is 1. The monoisotopic (exact) mass is 284 g/mol. The molecule has 1 aliphatic rings. The highest BCUT2D eigenvalue weighted by atomic mass is 16.5. The Hall–Kier alpha value is -1.10. The Morgan fingerprint density at radius 2 is 1.90 bits per heavy atom. The maximum Gasteiger partial charge on any atom is 0.319 e. The fraction of sp³-hybridized carbons (Fsp3) is 0.867. The zero-order valence-corrected chi connectivity index (χ0v) is 13.1. The summed E-state index contributed by atoms with van der Waals surface area (Å²) < 4.78 is 5.04. The van der Waals surface area contributed by atoms with Gasteiger partial charge in [0.2, 0.25) is 5.91 Å². The van der Waals surface area contributed by atoms with Gasteiger partial charge < -0.3 is 15.8 Å². The Balaban J connectivity index is 2.75. The molecule has 116 valence electrons. The summed E-state index contributed by atoms with van der Waals surface area (Å²) in [5, 5.41) is 2.95. The molecule has 0 heterocycles. The van der Waals surface area contributed by atoms with E-state index in [1.54, 1.807) is 6.92 Å². The van der Waals surface area contributed by atoms with E-state index < -0.39 is 17.3 Å². The Morgan fingerprint density at radius 3 is 2.40 bits per heavy atom. The van der Waals surface area contributed by atoms with Crippen molar-refractivity contribution in [2.45, 2.75) is 65.5 Å². The molecule has 5 nitrogen and oxygen atoms in total. The van der Waals surface area contributed by atoms with Crippen LogP contribution in [0.15, 0.2) is 0 Å². The Kier molecular flexibility index (Phi) is 5.99. The lowest BCUT2D eigenvalue weighted by molar-refractivity contribution is -0.157. The topological polar surface area (TPSA) is 81.4 Å². The molecule has 3 unspecified atom stereocenters. The number of nitrogens with one attached hydrogen (secondary N) is 1. The van der Waals surface area contributed by atoms with E-state index in [0.29, 0.717) is 0 Å². The van der Waals surface area contributed by atoms with Crippen molar-refractivity contribution in [3.63, 3.8) is 0 Å². The summed E-state index contributed by atoms with van der Waals surface area (Å²) in [5.74, 6) is -1.52. The average Bonchev–Trinajstić information content (AvgIpc) is 2.30. The van der Waals surface area contributed by atoms with Gasteiger partial charge in [-0.05, 0) is 25.2 Å². The Labute approximate surface area is 121 Å². The van der Waals surface area contributed by atoms with Crippen LogP contribution in [-0.4, -0.2) is 30.6 Å². The Morgan fingerprint density at radius 1 is 1.30 bits per heavy atom. The highest BCUT2D eigenvalue weighted by molar-refractivity contribution is 5.98. The molecule has 0 aromatic rings. The molecule has 1 rings (SSSR count). The molecule has 0 saturated heterocycles. The first kappa shape index (κ1) is 17.0. The van der Waals surface area contributed by atoms with E-state index in [1.165, 1.54) is 0 Å². The van der Waals surface area contributed by atoms with Crippen molar-refractivity contribution in [1.82, 2.24) is 5.32 Å². The molecular formula is C15H28N2O3. The lowest BCUT2D eigenvalue weighted by Crippen LogP contribution is -2.53. The summed E-state index contributed by atoms with van der Waals surface area (Å²) in [6, 6.07) is -0.0500. The van der Waals surface area contributed by atoms with E-state index in [9.17, 15) is 9.59 Å². The maximum atomic E-state index is 12.5. The first-order valence-corrected chi connectivity index (χ1v) is 7.50. The third-order valence-corrected chi connectivity index (χ3v) is 3.80. The van der Waals surface area contributed by atoms with Crippen LogP contribution in [0.2, 0.25) is 0 Å². The molecule has 5 heteroatoms. The molecule has 3 N–H and O–H groups in total. The van der Waals surface area contributed by atoms with Gasteiger partial charge in [-0.1, -0.05) is 33.6 Å². The molecule has 1 aliphatic carbocycles. The number of rotatable bonds is 4. The number of hydrogen-bond acceptors (Lipinski definition) is 4. The molecule has 20 heavy (non-hydrogen) atoms. The molecule has 0 radical (unpaired) electrons. The lowest BCUT2D eigenvalue weighted by Gasteiger charge is -2.33. The molecule has 3 atom stereocenters. The highest BCUT2D eigenvalue weighted by Crippen LogP contribution is 2.28. The number of ether oxygens (including phenoxy) is 1. The van der Waals surface area contributed by atoms with Gasteiger partial charge in [-0.3, -0.25) is 9.59 Å². The van der Waals surface area contributed by atoms with Crippen LogP contribution in [0, 0.1) is 11.3 Å². The third-order valence-electron chi connectivity index (χ3n) is 3.80. The van der Waals surface area contributed by atoms with Gasteiger partial charge in [0.15, 0.2) is 0 Å². The smallest absolute Gasteiger partial charge is 0.319 e. The van der Waals surface area contributed by atoms with Crippen LogP contribution < -0.4 is 11.1 Å². The highest BCUT2D eigenvalue weighted by Gasteiger charge is 2.40. The second-order valence-electron chi connectivity index (χ2n) is 6.61. The van der Waals surface area contributed by atoms with Crippen LogP contribution in [0.25, 0.3) is 0 Å². The number of carbonyl (C=O) groups excluding carboxylic acids is 2. The fourth-order valence-corrected chi connectivity index (χ4v) is 2.68. The first-order valence-electron chi connectivity index (χ1n) is 7.50. The fourth-order valence-electron chi connectivity index (χ4n) is 2.68. The van der Waals surface area contributed by atoms with Crippen molar-refractivity contribution in [2.75, 3.05) is 6.61 Å². The first-order chi connectivity index (χ1) is 9.27. The molecule has 0 bridgehead atoms. The van der Waals surface area contributed by atoms with E-state index in [1.807, 2.05) is 20.8 Å². The third kappa shape index (κ3) is 4.47. The van der Waals surface area contributed by atoms with Crippen LogP contribution in [0.5, 0.6) is 0 Å². The van der Waals surface area contributed by atoms with Gasteiger partial charge >= 0.3 is 5.97 Å². The molecule has 1 amide bonds. The summed E-state index contributed by atoms with van der Waals surface area (Å²) in [5.41, 5.74) is 5.56. The van der Waals surface area contributed by atoms with Gasteiger partial charge in [0.1, 0.15) is 5.92 Å². The molecule has 1 saturated carbocycles. The molecular weight excluding hydrogens is 256 g/mol. The summed E-state index contributed by atoms with van der Waals surface area (Å²) in [6.45, 7) is 7.63. The van der Waals surface area contributed by atoms with Gasteiger partial charge in [-0.25, -0.2) is 0 Å². The maximum absolute atomic E-state index is 12.5. The van der Waals surface area contributed by atoms with Gasteiger partial charge in [-0.2, -0.15) is 0 Å². The molecule has 0 aromatic heterocycles. The van der Waals surface area contributed by atoms with Crippen molar-refractivity contribution in [1.29, 1.82) is 0 Å². The minimum atomic E-state index is -0.795. The van der Waals surface area contributed by atoms with Gasteiger partial charge in [0.05, 0.1) is 6.61 Å². The number of carbonyl (C=O) groups is 2. The zero-order chi connectivity index (χ0) is 15.3. The van der Waals surface area contributed by atoms with Gasteiger partial charge in [-0.15, -0.1) is 0 Å². The minimum Gasteiger partial charge on any atom is -0.465 e. The number of esters is 1. The predicted molar refractivity (Wildman–Crippen MR) is 78.0 cm³/mol. The van der Waals surface area contributed by atoms with Gasteiger partial charge in [0.25, 0.3) is 0 Å².